The van der Waals surface area contributed by atoms with Crippen molar-refractivity contribution in [2.75, 3.05) is 19.8 Å². The van der Waals surface area contributed by atoms with E-state index in [9.17, 15) is 45.6 Å². The first-order chi connectivity index (χ1) is 43.6. The molecule has 9 N–H and O–H groups in total. The molecule has 0 aromatic rings. The molecule has 0 radical (unpaired) electrons. The van der Waals surface area contributed by atoms with Crippen molar-refractivity contribution in [2.45, 2.75) is 351 Å². The predicted octanol–water partition coefficient (Wildman–Crippen LogP) is 15.0. The van der Waals surface area contributed by atoms with Crippen LogP contribution < -0.4 is 5.32 Å². The van der Waals surface area contributed by atoms with Gasteiger partial charge in [0.25, 0.3) is 0 Å². The number of allylic oxidation sites excluding steroid dienone is 15. The Balaban J connectivity index is 1.65. The third-order valence-electron chi connectivity index (χ3n) is 17.0. The van der Waals surface area contributed by atoms with Crippen LogP contribution in [0.2, 0.25) is 0 Å². The fraction of sp³-hybridized carbons (Fsp3) is 0.773. The summed E-state index contributed by atoms with van der Waals surface area (Å²) in [6, 6.07) is -0.937. The number of hydrogen-bond donors (Lipinski definition) is 9. The van der Waals surface area contributed by atoms with E-state index >= 15 is 0 Å². The maximum atomic E-state index is 13.3. The first kappa shape index (κ1) is 82.0. The molecule has 2 aliphatic heterocycles. The number of aliphatic hydroxyl groups is 8. The van der Waals surface area contributed by atoms with Crippen LogP contribution in [0.3, 0.4) is 0 Å². The second kappa shape index (κ2) is 58.7. The zero-order chi connectivity index (χ0) is 64.5. The van der Waals surface area contributed by atoms with Gasteiger partial charge in [-0.25, -0.2) is 0 Å². The van der Waals surface area contributed by atoms with Crippen molar-refractivity contribution in [1.82, 2.24) is 5.32 Å². The monoisotopic (exact) mass is 1250 g/mol. The molecular formula is C75H131NO13. The van der Waals surface area contributed by atoms with E-state index in [1.807, 2.05) is 6.08 Å². The summed E-state index contributed by atoms with van der Waals surface area (Å²) in [5, 5.41) is 87.4. The van der Waals surface area contributed by atoms with Crippen molar-refractivity contribution in [3.8, 4) is 0 Å². The van der Waals surface area contributed by atoms with Gasteiger partial charge in [0.05, 0.1) is 32.0 Å². The van der Waals surface area contributed by atoms with Gasteiger partial charge in [0.2, 0.25) is 5.91 Å². The van der Waals surface area contributed by atoms with Crippen LogP contribution in [0.1, 0.15) is 277 Å². The normalized spacial score (nSPS) is 23.6. The number of ether oxygens (including phenoxy) is 4. The number of carbonyl (C=O) groups is 1. The third kappa shape index (κ3) is 42.7. The van der Waals surface area contributed by atoms with Crippen molar-refractivity contribution in [3.63, 3.8) is 0 Å². The molecule has 0 aromatic heterocycles. The third-order valence-corrected chi connectivity index (χ3v) is 17.0. The van der Waals surface area contributed by atoms with Gasteiger partial charge in [0, 0.05) is 6.42 Å². The Hall–Kier alpha value is -3.09. The minimum Gasteiger partial charge on any atom is -0.394 e. The molecule has 0 bridgehead atoms. The smallest absolute Gasteiger partial charge is 0.220 e. The highest BCUT2D eigenvalue weighted by atomic mass is 16.7. The van der Waals surface area contributed by atoms with Gasteiger partial charge in [-0.1, -0.05) is 284 Å². The Morgan fingerprint density at radius 3 is 1.24 bits per heavy atom. The molecule has 2 rings (SSSR count). The van der Waals surface area contributed by atoms with Crippen LogP contribution in [0.15, 0.2) is 97.2 Å². The quantitative estimate of drug-likeness (QED) is 0.0204. The van der Waals surface area contributed by atoms with Crippen molar-refractivity contribution >= 4 is 5.91 Å². The van der Waals surface area contributed by atoms with Gasteiger partial charge in [-0.05, 0) is 83.5 Å². The maximum Gasteiger partial charge on any atom is 0.220 e. The molecule has 0 aromatic carbocycles. The lowest BCUT2D eigenvalue weighted by Crippen LogP contribution is -2.65. The molecule has 12 atom stereocenters. The fourth-order valence-corrected chi connectivity index (χ4v) is 11.3. The average Bonchev–Trinajstić information content (AvgIpc) is 3.62. The van der Waals surface area contributed by atoms with Crippen LogP contribution in [0, 0.1) is 0 Å². The minimum atomic E-state index is -1.79. The van der Waals surface area contributed by atoms with Crippen LogP contribution in [-0.2, 0) is 23.7 Å². The van der Waals surface area contributed by atoms with Crippen LogP contribution in [0.5, 0.6) is 0 Å². The number of carbonyl (C=O) groups excluding carboxylic acids is 1. The highest BCUT2D eigenvalue weighted by molar-refractivity contribution is 5.76. The highest BCUT2D eigenvalue weighted by Gasteiger charge is 2.51. The summed E-state index contributed by atoms with van der Waals surface area (Å²) >= 11 is 0. The van der Waals surface area contributed by atoms with Crippen LogP contribution in [-0.4, -0.2) is 140 Å². The summed E-state index contributed by atoms with van der Waals surface area (Å²) in [7, 11) is 0. The van der Waals surface area contributed by atoms with E-state index < -0.39 is 86.8 Å². The maximum absolute atomic E-state index is 13.3. The van der Waals surface area contributed by atoms with Gasteiger partial charge in [-0.3, -0.25) is 4.79 Å². The molecule has 0 aliphatic carbocycles. The topological polar surface area (TPSA) is 228 Å². The number of aliphatic hydroxyl groups excluding tert-OH is 8. The largest absolute Gasteiger partial charge is 0.394 e. The molecule has 12 unspecified atom stereocenters. The molecule has 89 heavy (non-hydrogen) atoms. The molecule has 2 saturated heterocycles. The number of nitrogens with one attached hydrogen (secondary N) is 1. The average molecular weight is 1250 g/mol. The molecule has 2 fully saturated rings. The lowest BCUT2D eigenvalue weighted by Gasteiger charge is -2.46. The van der Waals surface area contributed by atoms with Gasteiger partial charge < -0.3 is 65.1 Å². The van der Waals surface area contributed by atoms with Crippen molar-refractivity contribution in [1.29, 1.82) is 0 Å². The highest BCUT2D eigenvalue weighted by Crippen LogP contribution is 2.30. The lowest BCUT2D eigenvalue weighted by atomic mass is 9.97. The van der Waals surface area contributed by atoms with Gasteiger partial charge in [-0.2, -0.15) is 0 Å². The first-order valence-electron chi connectivity index (χ1n) is 36.0. The van der Waals surface area contributed by atoms with Crippen LogP contribution in [0.25, 0.3) is 0 Å². The lowest BCUT2D eigenvalue weighted by molar-refractivity contribution is -0.359. The van der Waals surface area contributed by atoms with Crippen LogP contribution in [0.4, 0.5) is 0 Å². The van der Waals surface area contributed by atoms with Gasteiger partial charge in [0.1, 0.15) is 48.8 Å². The molecular weight excluding hydrogens is 1120 g/mol. The van der Waals surface area contributed by atoms with Crippen LogP contribution >= 0.6 is 0 Å². The van der Waals surface area contributed by atoms with E-state index in [0.29, 0.717) is 12.8 Å². The molecule has 2 heterocycles. The number of rotatable bonds is 58. The second-order valence-electron chi connectivity index (χ2n) is 25.0. The van der Waals surface area contributed by atoms with Crippen molar-refractivity contribution < 1.29 is 64.6 Å². The molecule has 0 spiro atoms. The van der Waals surface area contributed by atoms with Gasteiger partial charge >= 0.3 is 0 Å². The summed E-state index contributed by atoms with van der Waals surface area (Å²) in [5.74, 6) is -0.249. The Morgan fingerprint density at radius 1 is 0.416 bits per heavy atom. The Kier molecular flexibility index (Phi) is 54.1. The van der Waals surface area contributed by atoms with E-state index in [4.69, 9.17) is 18.9 Å². The standard InChI is InChI=1S/C75H131NO13/c1-3-5-7-9-11-13-15-17-19-21-23-25-26-27-28-29-30-31-32-33-34-35-36-37-38-39-41-43-45-47-49-51-53-55-57-59-67(80)76-63(64(79)58-56-54-52-50-48-46-44-42-40-24-22-20-18-16-14-12-10-8-6-4-2)62-86-74-72(85)70(83)73(66(61-78)88-74)89-75-71(84)69(82)68(81)65(60-77)87-75/h5,7,11,13,17,19,23,25,27-28,30-31,48,50,56,58,63-66,68-75,77-79,81-85H,3-4,6,8-10,12,14-16,18,20-22,24,26,29,32-47,49,51-55,57,59-62H2,1-2H3,(H,76,80)/b7-5-,13-11-,19-17-,25-23-,28-27-,31-30-,50-48+,58-56+. The summed E-state index contributed by atoms with van der Waals surface area (Å²) in [6.45, 7) is 2.69. The predicted molar refractivity (Wildman–Crippen MR) is 364 cm³/mol. The summed E-state index contributed by atoms with van der Waals surface area (Å²) in [6.07, 6.45) is 66.1. The first-order valence-corrected chi connectivity index (χ1v) is 36.0. The Bertz CT molecular complexity index is 1860. The van der Waals surface area contributed by atoms with E-state index in [2.05, 4.69) is 104 Å². The van der Waals surface area contributed by atoms with Crippen molar-refractivity contribution in [2.24, 2.45) is 0 Å². The Labute approximate surface area is 541 Å². The van der Waals surface area contributed by atoms with Crippen molar-refractivity contribution in [3.05, 3.63) is 97.2 Å². The number of unbranched alkanes of at least 4 members (excludes halogenated alkanes) is 31. The van der Waals surface area contributed by atoms with E-state index in [-0.39, 0.29) is 18.9 Å². The minimum absolute atomic E-state index is 0.249. The summed E-state index contributed by atoms with van der Waals surface area (Å²) in [4.78, 5) is 13.3. The number of amides is 1. The molecule has 14 heteroatoms. The number of hydrogen-bond acceptors (Lipinski definition) is 13. The van der Waals surface area contributed by atoms with Gasteiger partial charge in [-0.15, -0.1) is 0 Å². The summed E-state index contributed by atoms with van der Waals surface area (Å²) in [5.41, 5.74) is 0. The molecule has 0 saturated carbocycles. The SMILES string of the molecule is CC/C=C\C/C=C\C/C=C\C/C=C\C/C=C\C/C=C\CCCCCCCCCCCCCCCCCCC(=O)NC(COC1OC(CO)C(OC2OC(CO)C(O)C(O)C2O)C(O)C1O)C(O)/C=C/CC/C=C/CCCCCCCCCCCCCCCC. The Morgan fingerprint density at radius 2 is 0.787 bits per heavy atom. The molecule has 2 aliphatic rings. The second-order valence-corrected chi connectivity index (χ2v) is 25.0. The molecule has 1 amide bonds. The molecule has 14 nitrogen and oxygen atoms in total. The van der Waals surface area contributed by atoms with E-state index in [0.717, 1.165) is 70.6 Å². The molecule has 514 valence electrons. The zero-order valence-electron chi connectivity index (χ0n) is 55.9. The fourth-order valence-electron chi connectivity index (χ4n) is 11.3. The zero-order valence-corrected chi connectivity index (χ0v) is 55.9. The summed E-state index contributed by atoms with van der Waals surface area (Å²) < 4.78 is 22.8. The van der Waals surface area contributed by atoms with Gasteiger partial charge in [0.15, 0.2) is 12.6 Å². The van der Waals surface area contributed by atoms with E-state index in [1.54, 1.807) is 6.08 Å². The van der Waals surface area contributed by atoms with E-state index in [1.165, 1.54) is 173 Å².